The van der Waals surface area contributed by atoms with E-state index in [9.17, 15) is 0 Å². The second-order valence-electron chi connectivity index (χ2n) is 5.31. The van der Waals surface area contributed by atoms with Crippen LogP contribution in [0.25, 0.3) is 0 Å². The van der Waals surface area contributed by atoms with Gasteiger partial charge in [0.15, 0.2) is 0 Å². The van der Waals surface area contributed by atoms with Crippen LogP contribution in [0.3, 0.4) is 0 Å². The number of ether oxygens (including phenoxy) is 1. The highest BCUT2D eigenvalue weighted by Crippen LogP contribution is 2.28. The SMILES string of the molecule is COCCN(CC(C)C)C(CN)c1ccc(Cl)c(Cl)c1. The van der Waals surface area contributed by atoms with E-state index in [0.717, 1.165) is 18.7 Å². The summed E-state index contributed by atoms with van der Waals surface area (Å²) < 4.78 is 5.20. The molecule has 1 rings (SSSR count). The Kier molecular flexibility index (Phi) is 7.85. The van der Waals surface area contributed by atoms with Gasteiger partial charge in [0.2, 0.25) is 0 Å². The van der Waals surface area contributed by atoms with Crippen LogP contribution in [0.5, 0.6) is 0 Å². The van der Waals surface area contributed by atoms with Gasteiger partial charge in [-0.25, -0.2) is 0 Å². The standard InChI is InChI=1S/C15H24Cl2N2O/c1-11(2)10-19(6-7-20-3)15(9-18)12-4-5-13(16)14(17)8-12/h4-5,8,11,15H,6-7,9-10,18H2,1-3H3. The van der Waals surface area contributed by atoms with Crippen LogP contribution in [0, 0.1) is 5.92 Å². The molecule has 20 heavy (non-hydrogen) atoms. The summed E-state index contributed by atoms with van der Waals surface area (Å²) >= 11 is 12.1. The van der Waals surface area contributed by atoms with Gasteiger partial charge < -0.3 is 10.5 Å². The lowest BCUT2D eigenvalue weighted by Crippen LogP contribution is -2.38. The molecule has 0 spiro atoms. The molecule has 0 aliphatic rings. The second kappa shape index (κ2) is 8.85. The van der Waals surface area contributed by atoms with E-state index in [1.165, 1.54) is 0 Å². The zero-order chi connectivity index (χ0) is 15.1. The van der Waals surface area contributed by atoms with E-state index >= 15 is 0 Å². The van der Waals surface area contributed by atoms with E-state index in [2.05, 4.69) is 18.7 Å². The third-order valence-electron chi connectivity index (χ3n) is 3.17. The fourth-order valence-corrected chi connectivity index (χ4v) is 2.57. The van der Waals surface area contributed by atoms with E-state index in [1.54, 1.807) is 7.11 Å². The van der Waals surface area contributed by atoms with Crippen LogP contribution in [0.2, 0.25) is 10.0 Å². The van der Waals surface area contributed by atoms with Crippen LogP contribution in [0.15, 0.2) is 18.2 Å². The fourth-order valence-electron chi connectivity index (χ4n) is 2.27. The third-order valence-corrected chi connectivity index (χ3v) is 3.91. The normalized spacial score (nSPS) is 13.2. The van der Waals surface area contributed by atoms with E-state index in [-0.39, 0.29) is 6.04 Å². The lowest BCUT2D eigenvalue weighted by atomic mass is 10.0. The van der Waals surface area contributed by atoms with Crippen LogP contribution in [-0.4, -0.2) is 38.3 Å². The number of halogens is 2. The first-order valence-electron chi connectivity index (χ1n) is 6.87. The molecule has 1 atom stereocenters. The Morgan fingerprint density at radius 1 is 1.25 bits per heavy atom. The van der Waals surface area contributed by atoms with Gasteiger partial charge in [0.05, 0.1) is 16.7 Å². The highest BCUT2D eigenvalue weighted by atomic mass is 35.5. The Morgan fingerprint density at radius 2 is 1.95 bits per heavy atom. The van der Waals surface area contributed by atoms with Crippen LogP contribution in [-0.2, 0) is 4.74 Å². The predicted octanol–water partition coefficient (Wildman–Crippen LogP) is 3.60. The number of benzene rings is 1. The van der Waals surface area contributed by atoms with Crippen molar-refractivity contribution in [2.75, 3.05) is 33.4 Å². The average Bonchev–Trinajstić information content (AvgIpc) is 2.40. The first kappa shape index (κ1) is 17.7. The molecule has 0 saturated carbocycles. The molecule has 2 N–H and O–H groups in total. The zero-order valence-electron chi connectivity index (χ0n) is 12.4. The molecule has 3 nitrogen and oxygen atoms in total. The van der Waals surface area contributed by atoms with Crippen LogP contribution in [0.4, 0.5) is 0 Å². The third kappa shape index (κ3) is 5.23. The minimum absolute atomic E-state index is 0.127. The van der Waals surface area contributed by atoms with E-state index in [4.69, 9.17) is 33.7 Å². The van der Waals surface area contributed by atoms with E-state index in [0.29, 0.717) is 29.1 Å². The van der Waals surface area contributed by atoms with Crippen molar-refractivity contribution in [2.24, 2.45) is 11.7 Å². The summed E-state index contributed by atoms with van der Waals surface area (Å²) in [5.41, 5.74) is 7.08. The first-order chi connectivity index (χ1) is 9.49. The smallest absolute Gasteiger partial charge is 0.0595 e. The van der Waals surface area contributed by atoms with Gasteiger partial charge in [0.1, 0.15) is 0 Å². The molecule has 0 heterocycles. The molecule has 0 radical (unpaired) electrons. The largest absolute Gasteiger partial charge is 0.383 e. The maximum Gasteiger partial charge on any atom is 0.0595 e. The van der Waals surface area contributed by atoms with Crippen molar-refractivity contribution in [3.8, 4) is 0 Å². The highest BCUT2D eigenvalue weighted by Gasteiger charge is 2.20. The maximum absolute atomic E-state index is 6.11. The van der Waals surface area contributed by atoms with Crippen molar-refractivity contribution in [3.63, 3.8) is 0 Å². The summed E-state index contributed by atoms with van der Waals surface area (Å²) in [7, 11) is 1.71. The Balaban J connectivity index is 2.94. The molecule has 1 unspecified atom stereocenters. The number of hydrogen-bond acceptors (Lipinski definition) is 3. The molecule has 0 fully saturated rings. The van der Waals surface area contributed by atoms with Crippen molar-refractivity contribution in [3.05, 3.63) is 33.8 Å². The summed E-state index contributed by atoms with van der Waals surface area (Å²) in [6.45, 7) is 7.42. The fraction of sp³-hybridized carbons (Fsp3) is 0.600. The molecular formula is C15H24Cl2N2O. The van der Waals surface area contributed by atoms with Gasteiger partial charge in [-0.2, -0.15) is 0 Å². The number of nitrogens with two attached hydrogens (primary N) is 1. The topological polar surface area (TPSA) is 38.5 Å². The lowest BCUT2D eigenvalue weighted by Gasteiger charge is -2.32. The monoisotopic (exact) mass is 318 g/mol. The van der Waals surface area contributed by atoms with Crippen molar-refractivity contribution >= 4 is 23.2 Å². The lowest BCUT2D eigenvalue weighted by molar-refractivity contribution is 0.112. The van der Waals surface area contributed by atoms with Crippen LogP contribution in [0.1, 0.15) is 25.5 Å². The van der Waals surface area contributed by atoms with Crippen LogP contribution >= 0.6 is 23.2 Å². The summed E-state index contributed by atoms with van der Waals surface area (Å²) in [6.07, 6.45) is 0. The van der Waals surface area contributed by atoms with Crippen molar-refractivity contribution in [1.82, 2.24) is 4.90 Å². The molecule has 1 aromatic carbocycles. The molecule has 1 aromatic rings. The van der Waals surface area contributed by atoms with Gasteiger partial charge in [0, 0.05) is 32.8 Å². The molecule has 114 valence electrons. The van der Waals surface area contributed by atoms with Gasteiger partial charge in [0.25, 0.3) is 0 Å². The second-order valence-corrected chi connectivity index (χ2v) is 6.12. The minimum Gasteiger partial charge on any atom is -0.383 e. The first-order valence-corrected chi connectivity index (χ1v) is 7.63. The molecule has 0 aliphatic carbocycles. The van der Waals surface area contributed by atoms with Crippen LogP contribution < -0.4 is 5.73 Å². The number of methoxy groups -OCH3 is 1. The number of nitrogens with zero attached hydrogens (tertiary/aromatic N) is 1. The minimum atomic E-state index is 0.127. The van der Waals surface area contributed by atoms with Gasteiger partial charge in [-0.15, -0.1) is 0 Å². The van der Waals surface area contributed by atoms with Gasteiger partial charge in [-0.3, -0.25) is 4.90 Å². The molecule has 5 heteroatoms. The van der Waals surface area contributed by atoms with Gasteiger partial charge in [-0.05, 0) is 23.6 Å². The summed E-state index contributed by atoms with van der Waals surface area (Å²) in [6, 6.07) is 5.85. The van der Waals surface area contributed by atoms with E-state index < -0.39 is 0 Å². The molecule has 0 amide bonds. The summed E-state index contributed by atoms with van der Waals surface area (Å²) in [5.74, 6) is 0.559. The maximum atomic E-state index is 6.11. The van der Waals surface area contributed by atoms with Gasteiger partial charge in [-0.1, -0.05) is 43.1 Å². The highest BCUT2D eigenvalue weighted by molar-refractivity contribution is 6.42. The predicted molar refractivity (Wildman–Crippen MR) is 86.5 cm³/mol. The number of hydrogen-bond donors (Lipinski definition) is 1. The summed E-state index contributed by atoms with van der Waals surface area (Å²) in [5, 5.41) is 1.14. The quantitative estimate of drug-likeness (QED) is 0.796. The molecule has 0 bridgehead atoms. The van der Waals surface area contributed by atoms with Crippen molar-refractivity contribution in [1.29, 1.82) is 0 Å². The number of rotatable bonds is 8. The Labute approximate surface area is 132 Å². The molecule has 0 saturated heterocycles. The molecule has 0 aromatic heterocycles. The molecular weight excluding hydrogens is 295 g/mol. The van der Waals surface area contributed by atoms with Gasteiger partial charge >= 0.3 is 0 Å². The van der Waals surface area contributed by atoms with Crippen molar-refractivity contribution in [2.45, 2.75) is 19.9 Å². The Hall–Kier alpha value is -0.320. The van der Waals surface area contributed by atoms with E-state index in [1.807, 2.05) is 18.2 Å². The Bertz CT molecular complexity index is 413. The average molecular weight is 319 g/mol. The Morgan fingerprint density at radius 3 is 2.45 bits per heavy atom. The zero-order valence-corrected chi connectivity index (χ0v) is 13.9. The summed E-state index contributed by atoms with van der Waals surface area (Å²) in [4.78, 5) is 2.34. The molecule has 0 aliphatic heterocycles. The van der Waals surface area contributed by atoms with Crippen molar-refractivity contribution < 1.29 is 4.74 Å².